The van der Waals surface area contributed by atoms with E-state index in [1.54, 1.807) is 5.98 Å². The molecule has 14 heavy (non-hydrogen) atoms. The molecule has 1 rings (SSSR count). The maximum absolute atomic E-state index is 10.3. The molecule has 0 saturated carbocycles. The van der Waals surface area contributed by atoms with Crippen LogP contribution in [0.4, 0.5) is 0 Å². The van der Waals surface area contributed by atoms with E-state index >= 15 is 0 Å². The predicted molar refractivity (Wildman–Crippen MR) is 58.8 cm³/mol. The number of carbonyl (C=O) groups excluding carboxylic acids is 1. The van der Waals surface area contributed by atoms with Crippen LogP contribution in [0.5, 0.6) is 0 Å². The fourth-order valence-corrected chi connectivity index (χ4v) is 0.925. The lowest BCUT2D eigenvalue weighted by Crippen LogP contribution is -2.12. The Balaban J connectivity index is 0. The average molecular weight is 195 g/mol. The summed E-state index contributed by atoms with van der Waals surface area (Å²) >= 11 is 0. The fraction of sp³-hybridized carbons (Fsp3) is 0. The monoisotopic (exact) mass is 195 g/mol. The number of nitrogens with two attached hydrogens (primary N) is 1. The van der Waals surface area contributed by atoms with Gasteiger partial charge in [0.1, 0.15) is 0 Å². The van der Waals surface area contributed by atoms with Gasteiger partial charge < -0.3 is 16.7 Å². The van der Waals surface area contributed by atoms with Gasteiger partial charge in [0.25, 0.3) is 0 Å². The Kier molecular flexibility index (Phi) is 8.56. The van der Waals surface area contributed by atoms with Crippen LogP contribution in [0.1, 0.15) is 0 Å². The highest BCUT2D eigenvalue weighted by Crippen LogP contribution is 1.81. The fourth-order valence-electron chi connectivity index (χ4n) is 0.925. The molecule has 1 amide bonds. The van der Waals surface area contributed by atoms with Crippen molar-refractivity contribution >= 4 is 18.6 Å². The highest BCUT2D eigenvalue weighted by Gasteiger charge is 1.89. The summed E-state index contributed by atoms with van der Waals surface area (Å²) in [5, 5.41) is 0. The number of carbonyl (C=O) groups is 1. The largest absolute Gasteiger partial charge is 0.412 e. The third-order valence-electron chi connectivity index (χ3n) is 1.48. The van der Waals surface area contributed by atoms with E-state index in [4.69, 9.17) is 5.73 Å². The molecule has 0 aliphatic carbocycles. The molecule has 6 N–H and O–H groups in total. The topological polar surface area (TPSA) is 106 Å². The second kappa shape index (κ2) is 8.03. The third kappa shape index (κ3) is 5.99. The van der Waals surface area contributed by atoms with Crippen LogP contribution in [-0.2, 0) is 4.79 Å². The molecule has 0 radical (unpaired) electrons. The predicted octanol–water partition coefficient (Wildman–Crippen LogP) is -1.90. The SMILES string of the molecule is NC(=O)C=CBc1ccccc1.O.O. The van der Waals surface area contributed by atoms with E-state index in [1.807, 2.05) is 30.3 Å². The summed E-state index contributed by atoms with van der Waals surface area (Å²) in [7, 11) is 0.754. The summed E-state index contributed by atoms with van der Waals surface area (Å²) in [4.78, 5) is 10.3. The van der Waals surface area contributed by atoms with Gasteiger partial charge in [-0.05, 0) is 6.08 Å². The number of benzene rings is 1. The number of rotatable bonds is 3. The molecule has 0 bridgehead atoms. The molecule has 0 unspecified atom stereocenters. The smallest absolute Gasteiger partial charge is 0.240 e. The first-order valence-corrected chi connectivity index (χ1v) is 3.79. The van der Waals surface area contributed by atoms with Crippen LogP contribution in [-0.4, -0.2) is 24.1 Å². The van der Waals surface area contributed by atoms with Gasteiger partial charge in [0.05, 0.1) is 0 Å². The van der Waals surface area contributed by atoms with Crippen molar-refractivity contribution in [3.8, 4) is 0 Å². The number of hydrogen-bond acceptors (Lipinski definition) is 1. The highest BCUT2D eigenvalue weighted by molar-refractivity contribution is 6.58. The van der Waals surface area contributed by atoms with E-state index in [0.717, 1.165) is 7.28 Å². The Morgan fingerprint density at radius 1 is 1.21 bits per heavy atom. The highest BCUT2D eigenvalue weighted by atomic mass is 16.1. The van der Waals surface area contributed by atoms with Crippen molar-refractivity contribution in [2.75, 3.05) is 0 Å². The minimum absolute atomic E-state index is 0. The van der Waals surface area contributed by atoms with E-state index < -0.39 is 5.91 Å². The van der Waals surface area contributed by atoms with Gasteiger partial charge in [-0.2, -0.15) is 0 Å². The molecule has 0 atom stereocenters. The summed E-state index contributed by atoms with van der Waals surface area (Å²) in [5.41, 5.74) is 6.11. The molecule has 0 spiro atoms. The molecule has 1 aromatic rings. The zero-order valence-electron chi connectivity index (χ0n) is 7.73. The minimum atomic E-state index is -0.397. The van der Waals surface area contributed by atoms with Gasteiger partial charge in [0.15, 0.2) is 7.28 Å². The summed E-state index contributed by atoms with van der Waals surface area (Å²) in [6.45, 7) is 0. The van der Waals surface area contributed by atoms with Gasteiger partial charge in [0, 0.05) is 0 Å². The van der Waals surface area contributed by atoms with Crippen LogP contribution in [0, 0.1) is 0 Å². The van der Waals surface area contributed by atoms with Crippen molar-refractivity contribution < 1.29 is 15.7 Å². The second-order valence-corrected chi connectivity index (χ2v) is 2.49. The van der Waals surface area contributed by atoms with Crippen molar-refractivity contribution in [2.24, 2.45) is 5.73 Å². The van der Waals surface area contributed by atoms with Gasteiger partial charge in [-0.3, -0.25) is 4.79 Å². The van der Waals surface area contributed by atoms with E-state index in [2.05, 4.69) is 0 Å². The first-order chi connectivity index (χ1) is 5.79. The summed E-state index contributed by atoms with van der Waals surface area (Å²) in [6, 6.07) is 9.90. The maximum Gasteiger partial charge on any atom is 0.240 e. The quantitative estimate of drug-likeness (QED) is 0.441. The van der Waals surface area contributed by atoms with E-state index in [0.29, 0.717) is 0 Å². The molecule has 76 valence electrons. The molecule has 0 aliphatic heterocycles. The van der Waals surface area contributed by atoms with Crippen molar-refractivity contribution in [3.05, 3.63) is 42.4 Å². The second-order valence-electron chi connectivity index (χ2n) is 2.49. The zero-order chi connectivity index (χ0) is 8.81. The van der Waals surface area contributed by atoms with Crippen molar-refractivity contribution in [1.29, 1.82) is 0 Å². The Morgan fingerprint density at radius 2 is 1.79 bits per heavy atom. The van der Waals surface area contributed by atoms with Gasteiger partial charge in [-0.25, -0.2) is 0 Å². The van der Waals surface area contributed by atoms with Crippen molar-refractivity contribution in [2.45, 2.75) is 0 Å². The Bertz CT molecular complexity index is 287. The first kappa shape index (κ1) is 14.9. The van der Waals surface area contributed by atoms with E-state index in [9.17, 15) is 4.79 Å². The molecule has 4 nitrogen and oxygen atoms in total. The van der Waals surface area contributed by atoms with Gasteiger partial charge in [-0.1, -0.05) is 35.8 Å². The normalized spacial score (nSPS) is 8.57. The molecule has 0 aromatic heterocycles. The van der Waals surface area contributed by atoms with Crippen LogP contribution in [0.3, 0.4) is 0 Å². The van der Waals surface area contributed by atoms with Crippen LogP contribution in [0.2, 0.25) is 0 Å². The average Bonchev–Trinajstić information content (AvgIpc) is 2.05. The van der Waals surface area contributed by atoms with Gasteiger partial charge in [0.2, 0.25) is 5.91 Å². The summed E-state index contributed by atoms with van der Waals surface area (Å²) in [6.07, 6.45) is 1.38. The van der Waals surface area contributed by atoms with Crippen LogP contribution in [0.15, 0.2) is 42.4 Å². The molecule has 0 aliphatic rings. The molecule has 5 heteroatoms. The first-order valence-electron chi connectivity index (χ1n) is 3.79. The third-order valence-corrected chi connectivity index (χ3v) is 1.48. The van der Waals surface area contributed by atoms with Crippen LogP contribution < -0.4 is 11.2 Å². The Hall–Kier alpha value is -1.59. The van der Waals surface area contributed by atoms with E-state index in [-0.39, 0.29) is 11.0 Å². The molecule has 1 aromatic carbocycles. The lowest BCUT2D eigenvalue weighted by molar-refractivity contribution is -0.113. The van der Waals surface area contributed by atoms with Gasteiger partial charge in [-0.15, -0.1) is 5.98 Å². The summed E-state index contributed by atoms with van der Waals surface area (Å²) in [5.74, 6) is 1.36. The van der Waals surface area contributed by atoms with Crippen LogP contribution in [0.25, 0.3) is 0 Å². The van der Waals surface area contributed by atoms with Crippen LogP contribution >= 0.6 is 0 Å². The molecular formula is C9H14BNO3. The van der Waals surface area contributed by atoms with Crippen molar-refractivity contribution in [3.63, 3.8) is 0 Å². The Labute approximate surface area is 83.3 Å². The number of primary amides is 1. The minimum Gasteiger partial charge on any atom is -0.412 e. The van der Waals surface area contributed by atoms with E-state index in [1.165, 1.54) is 11.5 Å². The molecular weight excluding hydrogens is 181 g/mol. The molecule has 0 fully saturated rings. The lowest BCUT2D eigenvalue weighted by atomic mass is 9.70. The summed E-state index contributed by atoms with van der Waals surface area (Å²) < 4.78 is 0. The molecule has 0 heterocycles. The van der Waals surface area contributed by atoms with Gasteiger partial charge >= 0.3 is 0 Å². The van der Waals surface area contributed by atoms with Crippen molar-refractivity contribution in [1.82, 2.24) is 0 Å². The zero-order valence-corrected chi connectivity index (χ0v) is 7.73. The number of hydrogen-bond donors (Lipinski definition) is 1. The number of amides is 1. The lowest BCUT2D eigenvalue weighted by Gasteiger charge is -1.90. The standard InChI is InChI=1S/C9H10BNO.2H2O/c11-9(12)6-7-10-8-4-2-1-3-5-8;;/h1-7,10H,(H2,11,12);2*1H2. The molecule has 0 saturated heterocycles. The maximum atomic E-state index is 10.3. The Morgan fingerprint density at radius 3 is 2.29 bits per heavy atom.